The Hall–Kier alpha value is -1.86. The van der Waals surface area contributed by atoms with E-state index in [0.717, 1.165) is 0 Å². The molecule has 18 heavy (non-hydrogen) atoms. The zero-order valence-corrected chi connectivity index (χ0v) is 10.1. The van der Waals surface area contributed by atoms with Crippen LogP contribution in [0.25, 0.3) is 0 Å². The fourth-order valence-corrected chi connectivity index (χ4v) is 1.31. The van der Waals surface area contributed by atoms with E-state index in [1.165, 1.54) is 12.3 Å². The molecule has 98 valence electrons. The molecule has 1 heterocycles. The third-order valence-electron chi connectivity index (χ3n) is 1.88. The van der Waals surface area contributed by atoms with E-state index in [2.05, 4.69) is 10.3 Å². The van der Waals surface area contributed by atoms with Crippen molar-refractivity contribution in [2.45, 2.75) is 0 Å². The van der Waals surface area contributed by atoms with Gasteiger partial charge in [0.25, 0.3) is 0 Å². The lowest BCUT2D eigenvalue weighted by Gasteiger charge is -2.07. The van der Waals surface area contributed by atoms with E-state index in [1.807, 2.05) is 0 Å². The van der Waals surface area contributed by atoms with Gasteiger partial charge in [-0.1, -0.05) is 11.6 Å². The van der Waals surface area contributed by atoms with Crippen molar-refractivity contribution in [3.63, 3.8) is 0 Å². The number of carboxylic acids is 1. The summed E-state index contributed by atoms with van der Waals surface area (Å²) < 4.78 is 4.91. The summed E-state index contributed by atoms with van der Waals surface area (Å²) in [4.78, 5) is 25.1. The Morgan fingerprint density at radius 2 is 2.28 bits per heavy atom. The molecule has 0 aliphatic rings. The molecule has 0 radical (unpaired) electrons. The number of hydrogen-bond acceptors (Lipinski definition) is 5. The van der Waals surface area contributed by atoms with Crippen molar-refractivity contribution in [2.24, 2.45) is 5.73 Å². The molecule has 1 amide bonds. The average molecular weight is 274 g/mol. The van der Waals surface area contributed by atoms with E-state index in [1.54, 1.807) is 0 Å². The van der Waals surface area contributed by atoms with Crippen LogP contribution in [-0.4, -0.2) is 41.7 Å². The molecule has 0 aliphatic heterocycles. The first-order valence-corrected chi connectivity index (χ1v) is 5.37. The lowest BCUT2D eigenvalue weighted by molar-refractivity contribution is -0.122. The van der Waals surface area contributed by atoms with Gasteiger partial charge in [-0.15, -0.1) is 0 Å². The monoisotopic (exact) mass is 273 g/mol. The zero-order valence-electron chi connectivity index (χ0n) is 9.35. The number of carbonyl (C=O) groups excluding carboxylic acids is 1. The fraction of sp³-hybridized carbons (Fsp3) is 0.300. The summed E-state index contributed by atoms with van der Waals surface area (Å²) in [6.45, 7) is 0.451. The number of anilines is 1. The second kappa shape index (κ2) is 6.77. The number of rotatable bonds is 7. The number of carbonyl (C=O) groups is 2. The first kappa shape index (κ1) is 14.2. The second-order valence-electron chi connectivity index (χ2n) is 3.30. The highest BCUT2D eigenvalue weighted by molar-refractivity contribution is 6.33. The Kier molecular flexibility index (Phi) is 5.34. The summed E-state index contributed by atoms with van der Waals surface area (Å²) in [6, 6.07) is 1.32. The molecule has 7 nitrogen and oxygen atoms in total. The Bertz CT molecular complexity index is 453. The van der Waals surface area contributed by atoms with Gasteiger partial charge in [0.15, 0.2) is 0 Å². The highest BCUT2D eigenvalue weighted by Crippen LogP contribution is 2.17. The third-order valence-corrected chi connectivity index (χ3v) is 2.18. The van der Waals surface area contributed by atoms with Crippen LogP contribution in [0.3, 0.4) is 0 Å². The van der Waals surface area contributed by atoms with Gasteiger partial charge in [0.05, 0.1) is 17.2 Å². The van der Waals surface area contributed by atoms with Gasteiger partial charge < -0.3 is 20.9 Å². The number of amides is 1. The predicted molar refractivity (Wildman–Crippen MR) is 64.7 cm³/mol. The number of nitrogens with two attached hydrogens (primary N) is 1. The van der Waals surface area contributed by atoms with Crippen LogP contribution in [0.2, 0.25) is 5.02 Å². The van der Waals surface area contributed by atoms with Crippen molar-refractivity contribution in [3.8, 4) is 0 Å². The number of primary amides is 1. The molecule has 1 rings (SSSR count). The molecular formula is C10H12ClN3O4. The van der Waals surface area contributed by atoms with Crippen LogP contribution in [0, 0.1) is 0 Å². The number of aromatic nitrogens is 1. The maximum Gasteiger partial charge on any atom is 0.337 e. The van der Waals surface area contributed by atoms with E-state index >= 15 is 0 Å². The predicted octanol–water partition coefficient (Wildman–Crippen LogP) is 0.347. The molecule has 0 saturated heterocycles. The standard InChI is InChI=1S/C10H12ClN3O4/c11-7-4-14-9(3-6(7)10(16)17)13-1-2-18-5-8(12)15/h3-4H,1-2,5H2,(H2,12,15)(H,13,14)(H,16,17). The second-order valence-corrected chi connectivity index (χ2v) is 3.71. The van der Waals surface area contributed by atoms with E-state index in [-0.39, 0.29) is 23.8 Å². The number of ether oxygens (including phenoxy) is 1. The SMILES string of the molecule is NC(=O)COCCNc1cc(C(=O)O)c(Cl)cn1. The van der Waals surface area contributed by atoms with E-state index < -0.39 is 11.9 Å². The van der Waals surface area contributed by atoms with E-state index in [4.69, 9.17) is 27.2 Å². The number of pyridine rings is 1. The van der Waals surface area contributed by atoms with E-state index in [9.17, 15) is 9.59 Å². The number of nitrogens with zero attached hydrogens (tertiary/aromatic N) is 1. The number of nitrogens with one attached hydrogen (secondary N) is 1. The first-order valence-electron chi connectivity index (χ1n) is 4.99. The molecular weight excluding hydrogens is 262 g/mol. The van der Waals surface area contributed by atoms with Gasteiger partial charge >= 0.3 is 5.97 Å². The summed E-state index contributed by atoms with van der Waals surface area (Å²) in [5.74, 6) is -1.32. The van der Waals surface area contributed by atoms with Gasteiger partial charge in [0, 0.05) is 12.7 Å². The van der Waals surface area contributed by atoms with Gasteiger partial charge in [-0.2, -0.15) is 0 Å². The topological polar surface area (TPSA) is 115 Å². The fourth-order valence-electron chi connectivity index (χ4n) is 1.12. The van der Waals surface area contributed by atoms with Crippen LogP contribution in [-0.2, 0) is 9.53 Å². The molecule has 0 spiro atoms. The maximum atomic E-state index is 10.8. The van der Waals surface area contributed by atoms with Crippen LogP contribution in [0.15, 0.2) is 12.3 Å². The van der Waals surface area contributed by atoms with Gasteiger partial charge in [-0.05, 0) is 6.07 Å². The van der Waals surface area contributed by atoms with Crippen LogP contribution in [0.4, 0.5) is 5.82 Å². The summed E-state index contributed by atoms with van der Waals surface area (Å²) in [5.41, 5.74) is 4.84. The highest BCUT2D eigenvalue weighted by atomic mass is 35.5. The molecule has 1 aromatic heterocycles. The molecule has 0 unspecified atom stereocenters. The normalized spacial score (nSPS) is 10.1. The van der Waals surface area contributed by atoms with Crippen molar-refractivity contribution >= 4 is 29.3 Å². The quantitative estimate of drug-likeness (QED) is 0.618. The van der Waals surface area contributed by atoms with Gasteiger partial charge in [-0.3, -0.25) is 4.79 Å². The number of carboxylic acid groups (broad SMARTS) is 1. The highest BCUT2D eigenvalue weighted by Gasteiger charge is 2.09. The number of hydrogen-bond donors (Lipinski definition) is 3. The Balaban J connectivity index is 2.45. The smallest absolute Gasteiger partial charge is 0.337 e. The van der Waals surface area contributed by atoms with Crippen molar-refractivity contribution in [1.29, 1.82) is 0 Å². The molecule has 0 aliphatic carbocycles. The summed E-state index contributed by atoms with van der Waals surface area (Å²) in [7, 11) is 0. The lowest BCUT2D eigenvalue weighted by atomic mass is 10.2. The van der Waals surface area contributed by atoms with Crippen molar-refractivity contribution in [1.82, 2.24) is 4.98 Å². The number of halogens is 1. The molecule has 8 heteroatoms. The minimum atomic E-state index is -1.13. The Morgan fingerprint density at radius 3 is 2.89 bits per heavy atom. The molecule has 0 fully saturated rings. The van der Waals surface area contributed by atoms with Gasteiger partial charge in [-0.25, -0.2) is 9.78 Å². The zero-order chi connectivity index (χ0) is 13.5. The number of aromatic carboxylic acids is 1. The van der Waals surface area contributed by atoms with Crippen LogP contribution < -0.4 is 11.1 Å². The largest absolute Gasteiger partial charge is 0.478 e. The van der Waals surface area contributed by atoms with Crippen molar-refractivity contribution in [2.75, 3.05) is 25.1 Å². The van der Waals surface area contributed by atoms with Gasteiger partial charge in [0.1, 0.15) is 12.4 Å². The Morgan fingerprint density at radius 1 is 1.56 bits per heavy atom. The summed E-state index contributed by atoms with van der Waals surface area (Å²) in [5, 5.41) is 11.7. The Labute approximate surface area is 108 Å². The molecule has 1 aromatic rings. The lowest BCUT2D eigenvalue weighted by Crippen LogP contribution is -2.20. The molecule has 0 aromatic carbocycles. The minimum absolute atomic E-state index is 0.0350. The third kappa shape index (κ3) is 4.56. The molecule has 4 N–H and O–H groups in total. The summed E-state index contributed by atoms with van der Waals surface area (Å²) >= 11 is 5.66. The minimum Gasteiger partial charge on any atom is -0.478 e. The van der Waals surface area contributed by atoms with Crippen LogP contribution >= 0.6 is 11.6 Å². The van der Waals surface area contributed by atoms with E-state index in [0.29, 0.717) is 12.4 Å². The van der Waals surface area contributed by atoms with Crippen molar-refractivity contribution < 1.29 is 19.4 Å². The molecule has 0 atom stereocenters. The van der Waals surface area contributed by atoms with Gasteiger partial charge in [0.2, 0.25) is 5.91 Å². The summed E-state index contributed by atoms with van der Waals surface area (Å²) in [6.07, 6.45) is 1.25. The van der Waals surface area contributed by atoms with Crippen LogP contribution in [0.1, 0.15) is 10.4 Å². The molecule has 0 bridgehead atoms. The first-order chi connectivity index (χ1) is 8.50. The maximum absolute atomic E-state index is 10.8. The van der Waals surface area contributed by atoms with Crippen LogP contribution in [0.5, 0.6) is 0 Å². The molecule has 0 saturated carbocycles. The van der Waals surface area contributed by atoms with Crippen molar-refractivity contribution in [3.05, 3.63) is 22.8 Å². The average Bonchev–Trinajstić information content (AvgIpc) is 2.30.